The first-order valence-corrected chi connectivity index (χ1v) is 3.14. The van der Waals surface area contributed by atoms with Crippen molar-refractivity contribution in [2.24, 2.45) is 5.92 Å². The lowest BCUT2D eigenvalue weighted by Gasteiger charge is -1.94. The van der Waals surface area contributed by atoms with E-state index in [1.54, 1.807) is 0 Å². The van der Waals surface area contributed by atoms with Crippen molar-refractivity contribution in [2.75, 3.05) is 0 Å². The number of hydrogen-bond acceptors (Lipinski definition) is 0. The van der Waals surface area contributed by atoms with E-state index in [-0.39, 0.29) is 0 Å². The van der Waals surface area contributed by atoms with Crippen molar-refractivity contribution in [3.8, 4) is 0 Å². The highest BCUT2D eigenvalue weighted by atomic mass is 19.5. The molecule has 0 amide bonds. The van der Waals surface area contributed by atoms with Crippen LogP contribution < -0.4 is 0 Å². The maximum absolute atomic E-state index is 9.75. The molecule has 0 radical (unpaired) electrons. The molecule has 10 heavy (non-hydrogen) atoms. The molecule has 0 heterocycles. The van der Waals surface area contributed by atoms with Crippen molar-refractivity contribution >= 4 is 7.25 Å². The van der Waals surface area contributed by atoms with Crippen molar-refractivity contribution in [1.82, 2.24) is 0 Å². The lowest BCUT2D eigenvalue weighted by molar-refractivity contribution is 0.368. The molecule has 0 aliphatic carbocycles. The summed E-state index contributed by atoms with van der Waals surface area (Å²) in [5, 5.41) is 0. The minimum Gasteiger partial charge on any atom is -0.418 e. The normalized spacial score (nSPS) is 10.8. The monoisotopic (exact) mass is 159 g/mol. The zero-order valence-corrected chi connectivity index (χ0v) is 6.37. The van der Waals surface area contributed by atoms with Gasteiger partial charge in [0.15, 0.2) is 0 Å². The Labute approximate surface area is 58.7 Å². The summed E-state index contributed by atoms with van der Waals surface area (Å²) in [5.74, 6) is 0.884. The number of hydrogen-bond donors (Lipinski definition) is 0. The van der Waals surface area contributed by atoms with Crippen LogP contribution in [0.5, 0.6) is 0 Å². The maximum Gasteiger partial charge on any atom is 0.673 e. The highest BCUT2D eigenvalue weighted by Crippen LogP contribution is 2.06. The highest BCUT2D eigenvalue weighted by Gasteiger charge is 2.20. The van der Waals surface area contributed by atoms with Crippen LogP contribution in [0.3, 0.4) is 0 Å². The lowest BCUT2D eigenvalue weighted by Crippen LogP contribution is -2.02. The van der Waals surface area contributed by atoms with Crippen LogP contribution in [-0.2, 0) is 0 Å². The SMILES string of the molecule is CCC(C)C.F[B-](F)(F)F. The topological polar surface area (TPSA) is 0 Å². The molecule has 0 saturated carbocycles. The van der Waals surface area contributed by atoms with Crippen molar-refractivity contribution in [3.63, 3.8) is 0 Å². The lowest BCUT2D eigenvalue weighted by atomic mass is 10.2. The molecule has 5 heteroatoms. The average molecular weight is 159 g/mol. The second kappa shape index (κ2) is 5.56. The van der Waals surface area contributed by atoms with Crippen LogP contribution in [0.4, 0.5) is 17.3 Å². The summed E-state index contributed by atoms with van der Waals surface area (Å²) in [4.78, 5) is 0. The largest absolute Gasteiger partial charge is 0.673 e. The fourth-order valence-corrected chi connectivity index (χ4v) is 0. The van der Waals surface area contributed by atoms with Gasteiger partial charge in [0.25, 0.3) is 0 Å². The molecular formula is C5H12BF4-. The van der Waals surface area contributed by atoms with Crippen LogP contribution in [-0.4, -0.2) is 7.25 Å². The molecule has 0 rings (SSSR count). The van der Waals surface area contributed by atoms with Crippen LogP contribution in [0.1, 0.15) is 27.2 Å². The molecule has 0 nitrogen and oxygen atoms in total. The Morgan fingerprint density at radius 2 is 1.20 bits per heavy atom. The molecule has 0 fully saturated rings. The molecule has 0 atom stereocenters. The molecule has 0 aromatic rings. The third-order valence-electron chi connectivity index (χ3n) is 0.816. The van der Waals surface area contributed by atoms with E-state index < -0.39 is 7.25 Å². The second-order valence-electron chi connectivity index (χ2n) is 2.30. The van der Waals surface area contributed by atoms with Crippen molar-refractivity contribution in [2.45, 2.75) is 27.2 Å². The third kappa shape index (κ3) is 112. The van der Waals surface area contributed by atoms with Crippen LogP contribution >= 0.6 is 0 Å². The Kier molecular flexibility index (Phi) is 6.93. The molecule has 0 unspecified atom stereocenters. The second-order valence-corrected chi connectivity index (χ2v) is 2.30. The fourth-order valence-electron chi connectivity index (χ4n) is 0. The van der Waals surface area contributed by atoms with Crippen molar-refractivity contribution < 1.29 is 17.3 Å². The van der Waals surface area contributed by atoms with Crippen LogP contribution in [0, 0.1) is 5.92 Å². The van der Waals surface area contributed by atoms with Gasteiger partial charge in [-0.3, -0.25) is 0 Å². The summed E-state index contributed by atoms with van der Waals surface area (Å²) in [6.07, 6.45) is 1.31. The number of rotatable bonds is 1. The Hall–Kier alpha value is -0.215. The summed E-state index contributed by atoms with van der Waals surface area (Å²) in [7, 11) is -6.00. The average Bonchev–Trinajstić information content (AvgIpc) is 1.61. The van der Waals surface area contributed by atoms with Crippen LogP contribution in [0.25, 0.3) is 0 Å². The van der Waals surface area contributed by atoms with Crippen molar-refractivity contribution in [1.29, 1.82) is 0 Å². The molecule has 0 saturated heterocycles. The Morgan fingerprint density at radius 3 is 1.20 bits per heavy atom. The van der Waals surface area contributed by atoms with E-state index in [1.807, 2.05) is 0 Å². The molecule has 64 valence electrons. The first kappa shape index (κ1) is 12.5. The van der Waals surface area contributed by atoms with Crippen LogP contribution in [0.15, 0.2) is 0 Å². The third-order valence-corrected chi connectivity index (χ3v) is 0.816. The minimum atomic E-state index is -6.00. The van der Waals surface area contributed by atoms with E-state index in [0.717, 1.165) is 5.92 Å². The quantitative estimate of drug-likeness (QED) is 0.406. The smallest absolute Gasteiger partial charge is 0.418 e. The summed E-state index contributed by atoms with van der Waals surface area (Å²) in [5.41, 5.74) is 0. The first-order valence-electron chi connectivity index (χ1n) is 3.14. The zero-order chi connectivity index (χ0) is 8.78. The van der Waals surface area contributed by atoms with Gasteiger partial charge in [-0.25, -0.2) is 0 Å². The maximum atomic E-state index is 9.75. The molecule has 0 aliphatic heterocycles. The first-order chi connectivity index (χ1) is 4.27. The van der Waals surface area contributed by atoms with Gasteiger partial charge in [-0.1, -0.05) is 27.2 Å². The van der Waals surface area contributed by atoms with Gasteiger partial charge in [-0.15, -0.1) is 0 Å². The summed E-state index contributed by atoms with van der Waals surface area (Å²) in [6.45, 7) is 6.64. The molecular weight excluding hydrogens is 147 g/mol. The molecule has 0 aromatic carbocycles. The van der Waals surface area contributed by atoms with Gasteiger partial charge in [0.2, 0.25) is 0 Å². The van der Waals surface area contributed by atoms with Gasteiger partial charge >= 0.3 is 7.25 Å². The van der Waals surface area contributed by atoms with Gasteiger partial charge in [0, 0.05) is 0 Å². The predicted octanol–water partition coefficient (Wildman–Crippen LogP) is 3.35. The van der Waals surface area contributed by atoms with E-state index >= 15 is 0 Å². The van der Waals surface area contributed by atoms with E-state index in [9.17, 15) is 17.3 Å². The molecule has 0 bridgehead atoms. The van der Waals surface area contributed by atoms with Gasteiger partial charge in [-0.05, 0) is 5.92 Å². The van der Waals surface area contributed by atoms with E-state index in [0.29, 0.717) is 0 Å². The summed E-state index contributed by atoms with van der Waals surface area (Å²) < 4.78 is 39.0. The van der Waals surface area contributed by atoms with E-state index in [1.165, 1.54) is 6.42 Å². The number of halogens is 4. The highest BCUT2D eigenvalue weighted by molar-refractivity contribution is 6.50. The van der Waals surface area contributed by atoms with Gasteiger partial charge in [0.1, 0.15) is 0 Å². The predicted molar refractivity (Wildman–Crippen MR) is 35.3 cm³/mol. The standard InChI is InChI=1S/C5H12.BF4/c1-4-5(2)3;2-1(3,4)5/h5H,4H2,1-3H3;/q;-1. The van der Waals surface area contributed by atoms with E-state index in [2.05, 4.69) is 20.8 Å². The molecule has 0 N–H and O–H groups in total. The van der Waals surface area contributed by atoms with Crippen molar-refractivity contribution in [3.05, 3.63) is 0 Å². The zero-order valence-electron chi connectivity index (χ0n) is 6.37. The Morgan fingerprint density at radius 1 is 1.10 bits per heavy atom. The van der Waals surface area contributed by atoms with Gasteiger partial charge < -0.3 is 17.3 Å². The minimum absolute atomic E-state index is 0.884. The Bertz CT molecular complexity index is 62.5. The van der Waals surface area contributed by atoms with Gasteiger partial charge in [-0.2, -0.15) is 0 Å². The van der Waals surface area contributed by atoms with E-state index in [4.69, 9.17) is 0 Å². The Balaban J connectivity index is 0. The van der Waals surface area contributed by atoms with Gasteiger partial charge in [0.05, 0.1) is 0 Å². The fraction of sp³-hybridized carbons (Fsp3) is 1.00. The molecule has 0 spiro atoms. The molecule has 0 aliphatic rings. The summed E-state index contributed by atoms with van der Waals surface area (Å²) in [6, 6.07) is 0. The molecule has 0 aromatic heterocycles. The summed E-state index contributed by atoms with van der Waals surface area (Å²) >= 11 is 0. The van der Waals surface area contributed by atoms with Crippen LogP contribution in [0.2, 0.25) is 0 Å².